The summed E-state index contributed by atoms with van der Waals surface area (Å²) in [7, 11) is 0. The summed E-state index contributed by atoms with van der Waals surface area (Å²) < 4.78 is 0. The van der Waals surface area contributed by atoms with Crippen LogP contribution >= 0.6 is 0 Å². The Morgan fingerprint density at radius 2 is 1.92 bits per heavy atom. The Morgan fingerprint density at radius 1 is 1.15 bits per heavy atom. The van der Waals surface area contributed by atoms with Crippen LogP contribution in [-0.4, -0.2) is 21.2 Å². The summed E-state index contributed by atoms with van der Waals surface area (Å²) in [5.41, 5.74) is 4.51. The van der Waals surface area contributed by atoms with Crippen LogP contribution in [0.4, 0.5) is 17.2 Å². The molecule has 1 amide bonds. The Labute approximate surface area is 152 Å². The molecule has 3 aromatic rings. The van der Waals surface area contributed by atoms with Crippen LogP contribution in [0.15, 0.2) is 48.5 Å². The highest BCUT2D eigenvalue weighted by molar-refractivity contribution is 5.91. The highest BCUT2D eigenvalue weighted by Crippen LogP contribution is 2.26. The maximum Gasteiger partial charge on any atom is 0.224 e. The molecule has 4 N–H and O–H groups in total. The highest BCUT2D eigenvalue weighted by atomic mass is 16.3. The largest absolute Gasteiger partial charge is 0.508 e. The van der Waals surface area contributed by atoms with Gasteiger partial charge in [-0.15, -0.1) is 0 Å². The number of phenols is 1. The number of aryl methyl sites for hydroxylation is 1. The number of nitrogens with zero attached hydrogens (tertiary/aromatic N) is 1. The molecule has 0 aliphatic carbocycles. The summed E-state index contributed by atoms with van der Waals surface area (Å²) >= 11 is 0. The van der Waals surface area contributed by atoms with Crippen molar-refractivity contribution in [2.24, 2.45) is 0 Å². The molecule has 0 unspecified atom stereocenters. The van der Waals surface area contributed by atoms with Gasteiger partial charge < -0.3 is 15.7 Å². The smallest absolute Gasteiger partial charge is 0.224 e. The van der Waals surface area contributed by atoms with Gasteiger partial charge in [0.15, 0.2) is 5.82 Å². The predicted octanol–water partition coefficient (Wildman–Crippen LogP) is 4.57. The van der Waals surface area contributed by atoms with E-state index < -0.39 is 0 Å². The zero-order valence-corrected chi connectivity index (χ0v) is 14.8. The number of aromatic hydroxyl groups is 1. The van der Waals surface area contributed by atoms with Crippen LogP contribution in [0.2, 0.25) is 0 Å². The van der Waals surface area contributed by atoms with Crippen molar-refractivity contribution in [3.8, 4) is 17.0 Å². The molecule has 6 heteroatoms. The van der Waals surface area contributed by atoms with E-state index in [9.17, 15) is 9.90 Å². The number of nitrogens with one attached hydrogen (secondary N) is 3. The Kier molecular flexibility index (Phi) is 5.22. The van der Waals surface area contributed by atoms with E-state index in [1.54, 1.807) is 12.1 Å². The third-order valence-corrected chi connectivity index (χ3v) is 4.01. The number of hydrogen-bond acceptors (Lipinski definition) is 4. The average molecular weight is 350 g/mol. The quantitative estimate of drug-likeness (QED) is 0.524. The number of rotatable bonds is 6. The minimum atomic E-state index is 0.0263. The Bertz CT molecular complexity index is 900. The van der Waals surface area contributed by atoms with Gasteiger partial charge in [0, 0.05) is 23.9 Å². The summed E-state index contributed by atoms with van der Waals surface area (Å²) in [6.07, 6.45) is 1.35. The fourth-order valence-corrected chi connectivity index (χ4v) is 2.64. The van der Waals surface area contributed by atoms with Crippen LogP contribution in [0.1, 0.15) is 25.3 Å². The molecule has 0 saturated carbocycles. The molecular weight excluding hydrogens is 328 g/mol. The van der Waals surface area contributed by atoms with Gasteiger partial charge in [0.2, 0.25) is 5.91 Å². The van der Waals surface area contributed by atoms with Gasteiger partial charge in [0.05, 0.1) is 5.69 Å². The topological polar surface area (TPSA) is 90.0 Å². The molecule has 1 aromatic heterocycles. The van der Waals surface area contributed by atoms with Crippen molar-refractivity contribution in [2.45, 2.75) is 26.7 Å². The number of H-pyrrole nitrogens is 1. The van der Waals surface area contributed by atoms with Crippen molar-refractivity contribution in [3.63, 3.8) is 0 Å². The lowest BCUT2D eigenvalue weighted by molar-refractivity contribution is -0.116. The first-order valence-corrected chi connectivity index (χ1v) is 8.57. The Balaban J connectivity index is 1.71. The van der Waals surface area contributed by atoms with E-state index in [-0.39, 0.29) is 11.7 Å². The summed E-state index contributed by atoms with van der Waals surface area (Å²) in [4.78, 5) is 11.7. The number of aromatic nitrogens is 2. The van der Waals surface area contributed by atoms with Gasteiger partial charge >= 0.3 is 0 Å². The molecule has 0 bridgehead atoms. The van der Waals surface area contributed by atoms with E-state index >= 15 is 0 Å². The van der Waals surface area contributed by atoms with Crippen LogP contribution in [-0.2, 0) is 4.79 Å². The lowest BCUT2D eigenvalue weighted by atomic mass is 10.1. The lowest BCUT2D eigenvalue weighted by Gasteiger charge is -2.10. The van der Waals surface area contributed by atoms with E-state index in [0.29, 0.717) is 12.2 Å². The van der Waals surface area contributed by atoms with Gasteiger partial charge in [-0.3, -0.25) is 9.89 Å². The van der Waals surface area contributed by atoms with Crippen molar-refractivity contribution < 1.29 is 9.90 Å². The molecule has 2 aromatic carbocycles. The van der Waals surface area contributed by atoms with E-state index in [0.717, 1.165) is 34.6 Å². The van der Waals surface area contributed by atoms with E-state index in [1.165, 1.54) is 0 Å². The molecule has 1 heterocycles. The summed E-state index contributed by atoms with van der Waals surface area (Å²) in [6.45, 7) is 3.96. The SMILES string of the molecule is CCCC(=O)Nc1ccc(Nc2cc(-c3ccc(O)cc3)[nH]n2)c(C)c1. The number of anilines is 3. The minimum Gasteiger partial charge on any atom is -0.508 e. The number of amides is 1. The summed E-state index contributed by atoms with van der Waals surface area (Å²) in [6, 6.07) is 14.6. The first kappa shape index (κ1) is 17.5. The monoisotopic (exact) mass is 350 g/mol. The van der Waals surface area contributed by atoms with Crippen molar-refractivity contribution in [3.05, 3.63) is 54.1 Å². The van der Waals surface area contributed by atoms with Crippen LogP contribution < -0.4 is 10.6 Å². The Hall–Kier alpha value is -3.28. The number of aromatic amines is 1. The van der Waals surface area contributed by atoms with Crippen molar-refractivity contribution in [1.82, 2.24) is 10.2 Å². The molecule has 0 aliphatic rings. The number of carbonyl (C=O) groups is 1. The maximum absolute atomic E-state index is 11.7. The first-order valence-electron chi connectivity index (χ1n) is 8.57. The molecule has 3 rings (SSSR count). The number of benzene rings is 2. The molecule has 0 spiro atoms. The van der Waals surface area contributed by atoms with Crippen molar-refractivity contribution in [1.29, 1.82) is 0 Å². The van der Waals surface area contributed by atoms with Gasteiger partial charge in [-0.2, -0.15) is 5.10 Å². The van der Waals surface area contributed by atoms with Crippen LogP contribution in [0.25, 0.3) is 11.3 Å². The molecule has 0 saturated heterocycles. The van der Waals surface area contributed by atoms with Gasteiger partial charge in [0.25, 0.3) is 0 Å². The van der Waals surface area contributed by atoms with Gasteiger partial charge in [-0.1, -0.05) is 6.92 Å². The fraction of sp³-hybridized carbons (Fsp3) is 0.200. The molecule has 0 aliphatic heterocycles. The molecular formula is C20H22N4O2. The highest BCUT2D eigenvalue weighted by Gasteiger charge is 2.07. The molecule has 0 fully saturated rings. The Morgan fingerprint density at radius 3 is 2.62 bits per heavy atom. The van der Waals surface area contributed by atoms with Crippen LogP contribution in [0.3, 0.4) is 0 Å². The molecule has 26 heavy (non-hydrogen) atoms. The van der Waals surface area contributed by atoms with E-state index in [4.69, 9.17) is 0 Å². The zero-order chi connectivity index (χ0) is 18.5. The maximum atomic E-state index is 11.7. The second-order valence-corrected chi connectivity index (χ2v) is 6.17. The van der Waals surface area contributed by atoms with E-state index in [1.807, 2.05) is 50.2 Å². The summed E-state index contributed by atoms with van der Waals surface area (Å²) in [5.74, 6) is 0.950. The predicted molar refractivity (Wildman–Crippen MR) is 104 cm³/mol. The van der Waals surface area contributed by atoms with Crippen LogP contribution in [0.5, 0.6) is 5.75 Å². The number of carbonyl (C=O) groups excluding carboxylic acids is 1. The van der Waals surface area contributed by atoms with Crippen molar-refractivity contribution in [2.75, 3.05) is 10.6 Å². The van der Waals surface area contributed by atoms with Crippen LogP contribution in [0, 0.1) is 6.92 Å². The average Bonchev–Trinajstić information content (AvgIpc) is 3.07. The fourth-order valence-electron chi connectivity index (χ4n) is 2.64. The van der Waals surface area contributed by atoms with E-state index in [2.05, 4.69) is 20.8 Å². The van der Waals surface area contributed by atoms with Gasteiger partial charge in [-0.05, 0) is 66.9 Å². The molecule has 0 atom stereocenters. The second-order valence-electron chi connectivity index (χ2n) is 6.17. The molecule has 134 valence electrons. The van der Waals surface area contributed by atoms with Gasteiger partial charge in [-0.25, -0.2) is 0 Å². The normalized spacial score (nSPS) is 10.5. The number of hydrogen-bond donors (Lipinski definition) is 4. The first-order chi connectivity index (χ1) is 12.5. The number of phenolic OH excluding ortho intramolecular Hbond substituents is 1. The molecule has 6 nitrogen and oxygen atoms in total. The lowest BCUT2D eigenvalue weighted by Crippen LogP contribution is -2.10. The molecule has 0 radical (unpaired) electrons. The minimum absolute atomic E-state index is 0.0263. The third-order valence-electron chi connectivity index (χ3n) is 4.01. The zero-order valence-electron chi connectivity index (χ0n) is 14.8. The standard InChI is InChI=1S/C20H22N4O2/c1-3-4-20(26)21-15-7-10-17(13(2)11-15)22-19-12-18(23-24-19)14-5-8-16(25)9-6-14/h5-12,25H,3-4H2,1-2H3,(H,21,26)(H2,22,23,24). The summed E-state index contributed by atoms with van der Waals surface area (Å²) in [5, 5.41) is 22.8. The third kappa shape index (κ3) is 4.22. The van der Waals surface area contributed by atoms with Crippen molar-refractivity contribution >= 4 is 23.1 Å². The second kappa shape index (κ2) is 7.74. The van der Waals surface area contributed by atoms with Gasteiger partial charge in [0.1, 0.15) is 5.75 Å².